The molecule has 1 aliphatic rings. The fourth-order valence-corrected chi connectivity index (χ4v) is 2.75. The standard InChI is InChI=1S/C18H27N3O2/c1-3-13(2)19-17(22)14-8-7-11-16(12-14)21-18(23)20-15-9-5-4-6-10-15/h7-8,11-13,15H,3-6,9-10H2,1-2H3,(H,19,22)(H2,20,21,23). The highest BCUT2D eigenvalue weighted by atomic mass is 16.2. The van der Waals surface area contributed by atoms with Crippen molar-refractivity contribution in [1.82, 2.24) is 10.6 Å². The van der Waals surface area contributed by atoms with E-state index in [1.54, 1.807) is 24.3 Å². The molecular formula is C18H27N3O2. The Morgan fingerprint density at radius 3 is 2.65 bits per heavy atom. The van der Waals surface area contributed by atoms with Gasteiger partial charge in [0.15, 0.2) is 0 Å². The van der Waals surface area contributed by atoms with E-state index in [1.807, 2.05) is 13.8 Å². The number of anilines is 1. The Morgan fingerprint density at radius 1 is 1.22 bits per heavy atom. The highest BCUT2D eigenvalue weighted by molar-refractivity contribution is 5.97. The first-order valence-corrected chi connectivity index (χ1v) is 8.57. The SMILES string of the molecule is CCC(C)NC(=O)c1cccc(NC(=O)NC2CCCCC2)c1. The van der Waals surface area contributed by atoms with Crippen LogP contribution in [-0.2, 0) is 0 Å². The molecule has 0 radical (unpaired) electrons. The van der Waals surface area contributed by atoms with Crippen molar-refractivity contribution in [2.24, 2.45) is 0 Å². The monoisotopic (exact) mass is 317 g/mol. The van der Waals surface area contributed by atoms with Gasteiger partial charge in [0.1, 0.15) is 0 Å². The van der Waals surface area contributed by atoms with Gasteiger partial charge < -0.3 is 16.0 Å². The van der Waals surface area contributed by atoms with E-state index < -0.39 is 0 Å². The van der Waals surface area contributed by atoms with Crippen LogP contribution < -0.4 is 16.0 Å². The molecule has 1 aromatic carbocycles. The molecule has 0 saturated heterocycles. The Balaban J connectivity index is 1.91. The Kier molecular flexibility index (Phi) is 6.44. The highest BCUT2D eigenvalue weighted by Gasteiger charge is 2.16. The third-order valence-electron chi connectivity index (χ3n) is 4.31. The van der Waals surface area contributed by atoms with Crippen LogP contribution in [0.15, 0.2) is 24.3 Å². The minimum absolute atomic E-state index is 0.115. The van der Waals surface area contributed by atoms with Gasteiger partial charge in [-0.2, -0.15) is 0 Å². The molecule has 0 heterocycles. The van der Waals surface area contributed by atoms with Crippen molar-refractivity contribution in [2.45, 2.75) is 64.5 Å². The maximum absolute atomic E-state index is 12.1. The van der Waals surface area contributed by atoms with Crippen molar-refractivity contribution >= 4 is 17.6 Å². The molecule has 1 aliphatic carbocycles. The van der Waals surface area contributed by atoms with Crippen molar-refractivity contribution in [3.63, 3.8) is 0 Å². The van der Waals surface area contributed by atoms with Crippen LogP contribution in [0.25, 0.3) is 0 Å². The maximum atomic E-state index is 12.1. The van der Waals surface area contributed by atoms with Crippen LogP contribution in [0.5, 0.6) is 0 Å². The number of rotatable bonds is 5. The number of carbonyl (C=O) groups is 2. The van der Waals surface area contributed by atoms with Crippen molar-refractivity contribution in [2.75, 3.05) is 5.32 Å². The second-order valence-corrected chi connectivity index (χ2v) is 6.30. The van der Waals surface area contributed by atoms with Gasteiger partial charge in [0.2, 0.25) is 0 Å². The summed E-state index contributed by atoms with van der Waals surface area (Å²) in [6, 6.07) is 7.23. The number of hydrogen-bond acceptors (Lipinski definition) is 2. The fraction of sp³-hybridized carbons (Fsp3) is 0.556. The predicted octanol–water partition coefficient (Wildman–Crippen LogP) is 3.67. The molecule has 1 saturated carbocycles. The van der Waals surface area contributed by atoms with Crippen LogP contribution in [-0.4, -0.2) is 24.0 Å². The van der Waals surface area contributed by atoms with Gasteiger partial charge in [-0.05, 0) is 44.4 Å². The van der Waals surface area contributed by atoms with Crippen molar-refractivity contribution < 1.29 is 9.59 Å². The van der Waals surface area contributed by atoms with Crippen molar-refractivity contribution in [3.05, 3.63) is 29.8 Å². The number of benzene rings is 1. The molecule has 5 heteroatoms. The largest absolute Gasteiger partial charge is 0.350 e. The van der Waals surface area contributed by atoms with E-state index >= 15 is 0 Å². The first kappa shape index (κ1) is 17.3. The first-order valence-electron chi connectivity index (χ1n) is 8.57. The molecule has 1 fully saturated rings. The zero-order chi connectivity index (χ0) is 16.7. The zero-order valence-corrected chi connectivity index (χ0v) is 14.0. The van der Waals surface area contributed by atoms with E-state index in [0.29, 0.717) is 11.3 Å². The van der Waals surface area contributed by atoms with Crippen LogP contribution >= 0.6 is 0 Å². The fourth-order valence-electron chi connectivity index (χ4n) is 2.75. The average molecular weight is 317 g/mol. The van der Waals surface area contributed by atoms with Crippen LogP contribution in [0, 0.1) is 0 Å². The Hall–Kier alpha value is -2.04. The lowest BCUT2D eigenvalue weighted by atomic mass is 9.96. The second-order valence-electron chi connectivity index (χ2n) is 6.30. The molecule has 3 N–H and O–H groups in total. The van der Waals surface area contributed by atoms with E-state index in [2.05, 4.69) is 16.0 Å². The first-order chi connectivity index (χ1) is 11.1. The van der Waals surface area contributed by atoms with Gasteiger partial charge in [-0.3, -0.25) is 4.79 Å². The highest BCUT2D eigenvalue weighted by Crippen LogP contribution is 2.17. The van der Waals surface area contributed by atoms with Gasteiger partial charge in [0.25, 0.3) is 5.91 Å². The lowest BCUT2D eigenvalue weighted by molar-refractivity contribution is 0.0939. The molecule has 0 aliphatic heterocycles. The quantitative estimate of drug-likeness (QED) is 0.775. The topological polar surface area (TPSA) is 70.2 Å². The van der Waals surface area contributed by atoms with E-state index in [1.165, 1.54) is 19.3 Å². The van der Waals surface area contributed by atoms with E-state index in [9.17, 15) is 9.59 Å². The third kappa shape index (κ3) is 5.58. The van der Waals surface area contributed by atoms with Gasteiger partial charge in [-0.1, -0.05) is 32.3 Å². The van der Waals surface area contributed by atoms with Gasteiger partial charge in [-0.15, -0.1) is 0 Å². The molecular weight excluding hydrogens is 290 g/mol. The lowest BCUT2D eigenvalue weighted by Crippen LogP contribution is -2.39. The molecule has 0 bridgehead atoms. The maximum Gasteiger partial charge on any atom is 0.319 e. The molecule has 1 atom stereocenters. The molecule has 3 amide bonds. The minimum Gasteiger partial charge on any atom is -0.350 e. The normalized spacial score (nSPS) is 16.4. The summed E-state index contributed by atoms with van der Waals surface area (Å²) >= 11 is 0. The summed E-state index contributed by atoms with van der Waals surface area (Å²) in [5.74, 6) is -0.115. The molecule has 0 aromatic heterocycles. The summed E-state index contributed by atoms with van der Waals surface area (Å²) in [6.45, 7) is 4.00. The summed E-state index contributed by atoms with van der Waals surface area (Å²) in [5.41, 5.74) is 1.19. The van der Waals surface area contributed by atoms with Gasteiger partial charge >= 0.3 is 6.03 Å². The molecule has 5 nitrogen and oxygen atoms in total. The van der Waals surface area contributed by atoms with Crippen LogP contribution in [0.1, 0.15) is 62.7 Å². The summed E-state index contributed by atoms with van der Waals surface area (Å²) in [6.07, 6.45) is 6.59. The zero-order valence-electron chi connectivity index (χ0n) is 14.0. The molecule has 1 unspecified atom stereocenters. The van der Waals surface area contributed by atoms with Crippen LogP contribution in [0.3, 0.4) is 0 Å². The second kappa shape index (κ2) is 8.56. The predicted molar refractivity (Wildman–Crippen MR) is 92.7 cm³/mol. The van der Waals surface area contributed by atoms with Gasteiger partial charge in [0, 0.05) is 23.3 Å². The number of nitrogens with one attached hydrogen (secondary N) is 3. The Bertz CT molecular complexity index is 539. The molecule has 23 heavy (non-hydrogen) atoms. The van der Waals surface area contributed by atoms with Gasteiger partial charge in [-0.25, -0.2) is 4.79 Å². The Labute approximate surface area is 138 Å². The third-order valence-corrected chi connectivity index (χ3v) is 4.31. The summed E-state index contributed by atoms with van der Waals surface area (Å²) in [4.78, 5) is 24.2. The lowest BCUT2D eigenvalue weighted by Gasteiger charge is -2.22. The molecule has 2 rings (SSSR count). The molecule has 1 aromatic rings. The number of urea groups is 1. The number of hydrogen-bond donors (Lipinski definition) is 3. The van der Waals surface area contributed by atoms with Crippen LogP contribution in [0.2, 0.25) is 0 Å². The summed E-state index contributed by atoms with van der Waals surface area (Å²) < 4.78 is 0. The summed E-state index contributed by atoms with van der Waals surface area (Å²) in [5, 5.41) is 8.75. The molecule has 0 spiro atoms. The smallest absolute Gasteiger partial charge is 0.319 e. The average Bonchev–Trinajstić information content (AvgIpc) is 2.55. The van der Waals surface area contributed by atoms with Crippen LogP contribution in [0.4, 0.5) is 10.5 Å². The summed E-state index contributed by atoms with van der Waals surface area (Å²) in [7, 11) is 0. The number of carbonyl (C=O) groups excluding carboxylic acids is 2. The van der Waals surface area contributed by atoms with Crippen molar-refractivity contribution in [1.29, 1.82) is 0 Å². The molecule has 126 valence electrons. The Morgan fingerprint density at radius 2 is 1.96 bits per heavy atom. The van der Waals surface area contributed by atoms with E-state index in [-0.39, 0.29) is 24.0 Å². The minimum atomic E-state index is -0.198. The number of amides is 3. The van der Waals surface area contributed by atoms with E-state index in [4.69, 9.17) is 0 Å². The van der Waals surface area contributed by atoms with E-state index in [0.717, 1.165) is 19.3 Å². The van der Waals surface area contributed by atoms with Crippen molar-refractivity contribution in [3.8, 4) is 0 Å². The van der Waals surface area contributed by atoms with Gasteiger partial charge in [0.05, 0.1) is 0 Å².